The highest BCUT2D eigenvalue weighted by Gasteiger charge is 2.43. The van der Waals surface area contributed by atoms with Crippen LogP contribution in [0.2, 0.25) is 0 Å². The first-order valence-corrected chi connectivity index (χ1v) is 23.5. The molecule has 2 aliphatic heterocycles. The Morgan fingerprint density at radius 1 is 0.677 bits per heavy atom. The first-order valence-electron chi connectivity index (χ1n) is 23.5. The predicted octanol–water partition coefficient (Wildman–Crippen LogP) is 9.03. The maximum Gasteiger partial charge on any atom is 0.407 e. The van der Waals surface area contributed by atoms with Gasteiger partial charge in [-0.1, -0.05) is 83.0 Å². The maximum absolute atomic E-state index is 13.8. The number of H-pyrrole nitrogens is 2. The van der Waals surface area contributed by atoms with Gasteiger partial charge in [-0.2, -0.15) is 0 Å². The lowest BCUT2D eigenvalue weighted by Gasteiger charge is -2.30. The van der Waals surface area contributed by atoms with Crippen LogP contribution in [0.25, 0.3) is 44.5 Å². The van der Waals surface area contributed by atoms with Crippen LogP contribution in [0.1, 0.15) is 114 Å². The Bertz CT molecular complexity index is 2590. The zero-order valence-corrected chi connectivity index (χ0v) is 38.5. The number of ether oxygens (including phenoxy) is 2. The van der Waals surface area contributed by atoms with Crippen LogP contribution in [-0.4, -0.2) is 93.1 Å². The normalized spacial score (nSPS) is 19.9. The third-order valence-electron chi connectivity index (χ3n) is 14.6. The van der Waals surface area contributed by atoms with Gasteiger partial charge in [0, 0.05) is 18.7 Å². The van der Waals surface area contributed by atoms with Crippen molar-refractivity contribution >= 4 is 35.0 Å². The van der Waals surface area contributed by atoms with E-state index in [1.54, 1.807) is 0 Å². The van der Waals surface area contributed by atoms with Gasteiger partial charge in [-0.3, -0.25) is 9.59 Å². The Morgan fingerprint density at radius 2 is 1.22 bits per heavy atom. The zero-order chi connectivity index (χ0) is 45.6. The van der Waals surface area contributed by atoms with Crippen molar-refractivity contribution in [2.45, 2.75) is 116 Å². The summed E-state index contributed by atoms with van der Waals surface area (Å²) in [6.45, 7) is 8.90. The van der Waals surface area contributed by atoms with Crippen LogP contribution in [0.3, 0.4) is 0 Å². The number of carbonyl (C=O) groups excluding carboxylic acids is 4. The molecule has 1 spiro atoms. The number of amides is 4. The van der Waals surface area contributed by atoms with Crippen LogP contribution in [0.4, 0.5) is 9.59 Å². The van der Waals surface area contributed by atoms with Crippen molar-refractivity contribution in [1.29, 1.82) is 0 Å². The Morgan fingerprint density at radius 3 is 1.80 bits per heavy atom. The molecule has 14 heteroatoms. The molecule has 0 bridgehead atoms. The van der Waals surface area contributed by atoms with Gasteiger partial charge in [0.15, 0.2) is 0 Å². The lowest BCUT2D eigenvalue weighted by atomic mass is 9.82. The molecule has 2 aromatic heterocycles. The van der Waals surface area contributed by atoms with E-state index in [2.05, 4.69) is 69.1 Å². The topological polar surface area (TPSA) is 175 Å². The Balaban J connectivity index is 0.957. The fraction of sp³-hybridized carbons (Fsp3) is 0.490. The van der Waals surface area contributed by atoms with Gasteiger partial charge >= 0.3 is 12.2 Å². The quantitative estimate of drug-likeness (QED) is 0.102. The number of methoxy groups -OCH3 is 2. The van der Waals surface area contributed by atoms with Gasteiger partial charge < -0.3 is 39.9 Å². The number of hydrogen-bond donors (Lipinski definition) is 4. The standard InChI is InChI=1S/C51H62N8O6/c1-29(2)43(56-49(62)64-5)47(60)58-23-9-11-41(58)45-52-28-40(55-45)35-19-18-34(36-26-51(27-37(35)36)21-7-8-22-51)32-15-13-31(14-16-32)33-17-20-38-39(25-33)54-46(53-38)42-12-10-24-59(42)48(61)44(30(3)4)57-50(63)65-6/h13-20,25,28-30,41-44H,7-12,21-24,26-27H2,1-6H3,(H,52,55)(H,53,54)(H,56,62)(H,57,63)/t41-,42-,43-,44-/m0/s1. The molecule has 4 amide bonds. The summed E-state index contributed by atoms with van der Waals surface area (Å²) in [5.74, 6) is 1.08. The number of nitrogens with one attached hydrogen (secondary N) is 4. The summed E-state index contributed by atoms with van der Waals surface area (Å²) in [6.07, 6.45) is 11.1. The maximum atomic E-state index is 13.8. The van der Waals surface area contributed by atoms with Crippen molar-refractivity contribution in [2.75, 3.05) is 27.3 Å². The molecule has 5 aromatic rings. The highest BCUT2D eigenvalue weighted by molar-refractivity contribution is 5.88. The molecule has 4 aliphatic rings. The Hall–Kier alpha value is -6.18. The van der Waals surface area contributed by atoms with Crippen LogP contribution >= 0.6 is 0 Å². The average molecular weight is 883 g/mol. The fourth-order valence-corrected chi connectivity index (χ4v) is 11.1. The van der Waals surface area contributed by atoms with E-state index in [1.165, 1.54) is 67.7 Å². The fourth-order valence-electron chi connectivity index (χ4n) is 11.1. The van der Waals surface area contributed by atoms with Gasteiger partial charge in [-0.15, -0.1) is 0 Å². The van der Waals surface area contributed by atoms with Crippen molar-refractivity contribution in [3.8, 4) is 33.5 Å². The van der Waals surface area contributed by atoms with E-state index < -0.39 is 24.3 Å². The van der Waals surface area contributed by atoms with Crippen molar-refractivity contribution in [3.63, 3.8) is 0 Å². The smallest absolute Gasteiger partial charge is 0.407 e. The Kier molecular flexibility index (Phi) is 12.2. The van der Waals surface area contributed by atoms with Crippen LogP contribution < -0.4 is 10.6 Å². The summed E-state index contributed by atoms with van der Waals surface area (Å²) >= 11 is 0. The molecule has 65 heavy (non-hydrogen) atoms. The van der Waals surface area contributed by atoms with E-state index in [1.807, 2.05) is 49.8 Å². The van der Waals surface area contributed by atoms with Gasteiger partial charge in [0.25, 0.3) is 0 Å². The molecule has 4 atom stereocenters. The predicted molar refractivity (Wildman–Crippen MR) is 249 cm³/mol. The van der Waals surface area contributed by atoms with E-state index in [-0.39, 0.29) is 41.1 Å². The van der Waals surface area contributed by atoms with E-state index in [9.17, 15) is 19.2 Å². The minimum Gasteiger partial charge on any atom is -0.453 e. The number of likely N-dealkylation sites (tertiary alicyclic amines) is 2. The highest BCUT2D eigenvalue weighted by Crippen LogP contribution is 2.53. The molecular weight excluding hydrogens is 821 g/mol. The molecule has 3 fully saturated rings. The minimum atomic E-state index is -0.689. The van der Waals surface area contributed by atoms with Crippen molar-refractivity contribution in [3.05, 3.63) is 83.6 Å². The number of aromatic amines is 2. The molecule has 4 heterocycles. The van der Waals surface area contributed by atoms with Gasteiger partial charge in [0.05, 0.1) is 49.2 Å². The number of nitrogens with zero attached hydrogens (tertiary/aromatic N) is 4. The van der Waals surface area contributed by atoms with E-state index in [0.29, 0.717) is 13.1 Å². The summed E-state index contributed by atoms with van der Waals surface area (Å²) in [4.78, 5) is 72.6. The summed E-state index contributed by atoms with van der Waals surface area (Å²) in [5, 5.41) is 5.48. The zero-order valence-electron chi connectivity index (χ0n) is 38.5. The molecule has 4 N–H and O–H groups in total. The summed E-state index contributed by atoms with van der Waals surface area (Å²) < 4.78 is 9.64. The van der Waals surface area contributed by atoms with Crippen molar-refractivity contribution in [1.82, 2.24) is 40.4 Å². The average Bonchev–Trinajstić information content (AvgIpc) is 4.17. The number of imidazole rings is 2. The number of fused-ring (bicyclic) bond motifs is 2. The van der Waals surface area contributed by atoms with E-state index in [4.69, 9.17) is 19.4 Å². The molecule has 9 rings (SSSR count). The number of aromatic nitrogens is 4. The molecule has 3 aromatic carbocycles. The number of benzene rings is 3. The third kappa shape index (κ3) is 8.47. The molecule has 0 radical (unpaired) electrons. The molecule has 0 unspecified atom stereocenters. The number of rotatable bonds is 11. The summed E-state index contributed by atoms with van der Waals surface area (Å²) in [7, 11) is 2.61. The second kappa shape index (κ2) is 18.0. The van der Waals surface area contributed by atoms with Crippen LogP contribution in [0, 0.1) is 17.3 Å². The summed E-state index contributed by atoms with van der Waals surface area (Å²) in [6, 6.07) is 17.9. The first kappa shape index (κ1) is 44.0. The van der Waals surface area contributed by atoms with Gasteiger partial charge in [-0.05, 0) is 114 Å². The van der Waals surface area contributed by atoms with Gasteiger partial charge in [0.1, 0.15) is 23.7 Å². The molecule has 14 nitrogen and oxygen atoms in total. The van der Waals surface area contributed by atoms with Gasteiger partial charge in [-0.25, -0.2) is 19.6 Å². The SMILES string of the molecule is COC(=O)N[C@H](C(=O)N1CCC[C@H]1c1ncc(-c2ccc(-c3ccc(-c4ccc5nc([C@@H]6CCCN6C(=O)[C@@H](NC(=O)OC)C(C)C)[nH]c5c4)cc3)c3c2CC2(CCCC2)C3)[nH]1)C(C)C. The second-order valence-electron chi connectivity index (χ2n) is 19.4. The number of alkyl carbamates (subject to hydrolysis) is 2. The monoisotopic (exact) mass is 882 g/mol. The van der Waals surface area contributed by atoms with Crippen molar-refractivity contribution in [2.24, 2.45) is 17.3 Å². The third-order valence-corrected chi connectivity index (χ3v) is 14.6. The van der Waals surface area contributed by atoms with E-state index >= 15 is 0 Å². The number of carbonyl (C=O) groups is 4. The highest BCUT2D eigenvalue weighted by atomic mass is 16.5. The minimum absolute atomic E-state index is 0.103. The summed E-state index contributed by atoms with van der Waals surface area (Å²) in [5.41, 5.74) is 11.6. The number of hydrogen-bond acceptors (Lipinski definition) is 8. The van der Waals surface area contributed by atoms with Crippen LogP contribution in [0.15, 0.2) is 60.8 Å². The molecule has 2 aliphatic carbocycles. The largest absolute Gasteiger partial charge is 0.453 e. The van der Waals surface area contributed by atoms with Gasteiger partial charge in [0.2, 0.25) is 11.8 Å². The lowest BCUT2D eigenvalue weighted by molar-refractivity contribution is -0.136. The van der Waals surface area contributed by atoms with E-state index in [0.717, 1.165) is 78.0 Å². The van der Waals surface area contributed by atoms with Crippen LogP contribution in [-0.2, 0) is 31.9 Å². The molecule has 2 saturated heterocycles. The molecular formula is C51H62N8O6. The van der Waals surface area contributed by atoms with Crippen molar-refractivity contribution < 1.29 is 28.7 Å². The Labute approximate surface area is 380 Å². The first-order chi connectivity index (χ1) is 31.4. The van der Waals surface area contributed by atoms with Crippen LogP contribution in [0.5, 0.6) is 0 Å². The lowest BCUT2D eigenvalue weighted by Crippen LogP contribution is -2.51. The molecule has 1 saturated carbocycles. The second-order valence-corrected chi connectivity index (χ2v) is 19.4. The molecule has 342 valence electrons.